The minimum atomic E-state index is -1.11. The number of rotatable bonds is 6. The van der Waals surface area contributed by atoms with Crippen molar-refractivity contribution < 1.29 is 13.7 Å². The van der Waals surface area contributed by atoms with Gasteiger partial charge in [0, 0.05) is 27.6 Å². The number of carbonyl (C=O) groups is 1. The molecule has 1 heterocycles. The Labute approximate surface area is 164 Å². The van der Waals surface area contributed by atoms with E-state index in [2.05, 4.69) is 20.3 Å². The molecule has 0 saturated heterocycles. The van der Waals surface area contributed by atoms with Crippen LogP contribution < -0.4 is 11.1 Å². The summed E-state index contributed by atoms with van der Waals surface area (Å²) in [7, 11) is -1.11. The van der Waals surface area contributed by atoms with Crippen molar-refractivity contribution in [3.05, 3.63) is 65.5 Å². The van der Waals surface area contributed by atoms with Gasteiger partial charge in [-0.2, -0.15) is 15.0 Å². The van der Waals surface area contributed by atoms with E-state index >= 15 is 0 Å². The predicted octanol–water partition coefficient (Wildman–Crippen LogP) is 2.60. The van der Waals surface area contributed by atoms with Gasteiger partial charge in [0.25, 0.3) is 0 Å². The van der Waals surface area contributed by atoms with Gasteiger partial charge in [-0.05, 0) is 43.3 Å². The summed E-state index contributed by atoms with van der Waals surface area (Å²) in [6.07, 6.45) is 1.57. The lowest BCUT2D eigenvalue weighted by atomic mass is 10.2. The van der Waals surface area contributed by atoms with E-state index in [0.717, 1.165) is 11.3 Å². The molecule has 28 heavy (non-hydrogen) atoms. The lowest BCUT2D eigenvalue weighted by Crippen LogP contribution is -2.11. The van der Waals surface area contributed by atoms with Gasteiger partial charge in [-0.25, -0.2) is 4.79 Å². The zero-order chi connectivity index (χ0) is 20.1. The molecule has 0 amide bonds. The van der Waals surface area contributed by atoms with Crippen molar-refractivity contribution in [1.29, 1.82) is 0 Å². The Morgan fingerprint density at radius 1 is 1.07 bits per heavy atom. The maximum absolute atomic E-state index is 12.2. The third kappa shape index (κ3) is 5.10. The Balaban J connectivity index is 1.66. The Bertz CT molecular complexity index is 1010. The number of hydrogen-bond donors (Lipinski definition) is 2. The van der Waals surface area contributed by atoms with Crippen LogP contribution in [0.5, 0.6) is 0 Å². The second kappa shape index (κ2) is 8.57. The first-order chi connectivity index (χ1) is 13.4. The van der Waals surface area contributed by atoms with E-state index < -0.39 is 16.8 Å². The van der Waals surface area contributed by atoms with Crippen molar-refractivity contribution in [2.75, 3.05) is 17.3 Å². The SMILES string of the molecule is Cc1ccc(Nc2nc(N)nc(COC(=O)c3ccc([S@](C)=O)cc3)n2)cc1. The van der Waals surface area contributed by atoms with Crippen molar-refractivity contribution in [2.24, 2.45) is 0 Å². The minimum Gasteiger partial charge on any atom is -0.454 e. The quantitative estimate of drug-likeness (QED) is 0.609. The van der Waals surface area contributed by atoms with Crippen LogP contribution in [0.15, 0.2) is 53.4 Å². The maximum Gasteiger partial charge on any atom is 0.338 e. The second-order valence-electron chi connectivity index (χ2n) is 5.98. The van der Waals surface area contributed by atoms with Gasteiger partial charge in [-0.3, -0.25) is 4.21 Å². The molecular formula is C19H19N5O3S. The van der Waals surface area contributed by atoms with Crippen LogP contribution in [0.1, 0.15) is 21.7 Å². The summed E-state index contributed by atoms with van der Waals surface area (Å²) >= 11 is 0. The molecule has 0 aliphatic heterocycles. The fourth-order valence-corrected chi connectivity index (χ4v) is 2.84. The standard InChI is InChI=1S/C19H19N5O3S/c1-12-3-7-14(8-4-12)21-19-23-16(22-18(20)24-19)11-27-17(25)13-5-9-15(10-6-13)28(2)26/h3-10H,11H2,1-2H3,(H3,20,21,22,23,24)/t28-/m0/s1. The summed E-state index contributed by atoms with van der Waals surface area (Å²) in [5.41, 5.74) is 8.00. The van der Waals surface area contributed by atoms with Gasteiger partial charge < -0.3 is 15.8 Å². The number of nitrogens with two attached hydrogens (primary N) is 1. The van der Waals surface area contributed by atoms with E-state index in [1.165, 1.54) is 0 Å². The molecule has 3 aromatic rings. The number of nitrogens with zero attached hydrogens (tertiary/aromatic N) is 3. The highest BCUT2D eigenvalue weighted by Gasteiger charge is 2.11. The molecule has 9 heteroatoms. The summed E-state index contributed by atoms with van der Waals surface area (Å²) in [5, 5.41) is 3.04. The van der Waals surface area contributed by atoms with E-state index in [-0.39, 0.29) is 24.3 Å². The average molecular weight is 397 g/mol. The number of aryl methyl sites for hydroxylation is 1. The molecular weight excluding hydrogens is 378 g/mol. The molecule has 8 nitrogen and oxygen atoms in total. The van der Waals surface area contributed by atoms with Crippen molar-refractivity contribution in [3.8, 4) is 0 Å². The molecule has 144 valence electrons. The zero-order valence-electron chi connectivity index (χ0n) is 15.4. The van der Waals surface area contributed by atoms with Gasteiger partial charge in [0.1, 0.15) is 0 Å². The molecule has 0 unspecified atom stereocenters. The number of ether oxygens (including phenoxy) is 1. The number of nitrogen functional groups attached to an aromatic ring is 1. The molecule has 0 saturated carbocycles. The molecule has 3 N–H and O–H groups in total. The number of aromatic nitrogens is 3. The Kier molecular flexibility index (Phi) is 5.95. The second-order valence-corrected chi connectivity index (χ2v) is 7.36. The summed E-state index contributed by atoms with van der Waals surface area (Å²) in [5.74, 6) is -0.0372. The van der Waals surface area contributed by atoms with Crippen LogP contribution in [0, 0.1) is 6.92 Å². The van der Waals surface area contributed by atoms with Gasteiger partial charge in [0.2, 0.25) is 11.9 Å². The molecule has 1 atom stereocenters. The first-order valence-electron chi connectivity index (χ1n) is 8.35. The number of hydrogen-bond acceptors (Lipinski definition) is 8. The smallest absolute Gasteiger partial charge is 0.338 e. The first kappa shape index (κ1) is 19.4. The van der Waals surface area contributed by atoms with E-state index in [0.29, 0.717) is 10.5 Å². The third-order valence-electron chi connectivity index (χ3n) is 3.76. The highest BCUT2D eigenvalue weighted by atomic mass is 32.2. The Morgan fingerprint density at radius 3 is 2.39 bits per heavy atom. The number of esters is 1. The highest BCUT2D eigenvalue weighted by molar-refractivity contribution is 7.84. The van der Waals surface area contributed by atoms with Crippen molar-refractivity contribution in [2.45, 2.75) is 18.4 Å². The number of anilines is 3. The molecule has 0 bridgehead atoms. The van der Waals surface area contributed by atoms with Crippen molar-refractivity contribution in [1.82, 2.24) is 15.0 Å². The number of nitrogens with one attached hydrogen (secondary N) is 1. The van der Waals surface area contributed by atoms with Crippen LogP contribution in [0.2, 0.25) is 0 Å². The third-order valence-corrected chi connectivity index (χ3v) is 4.70. The normalized spacial score (nSPS) is 11.6. The van der Waals surface area contributed by atoms with Gasteiger partial charge in [0.15, 0.2) is 12.4 Å². The molecule has 0 aliphatic carbocycles. The fraction of sp³-hybridized carbons (Fsp3) is 0.158. The molecule has 2 aromatic carbocycles. The molecule has 1 aromatic heterocycles. The fourth-order valence-electron chi connectivity index (χ4n) is 2.32. The van der Waals surface area contributed by atoms with Crippen LogP contribution in [0.25, 0.3) is 0 Å². The summed E-state index contributed by atoms with van der Waals surface area (Å²) in [6, 6.07) is 14.1. The minimum absolute atomic E-state index is 0.0189. The average Bonchev–Trinajstić information content (AvgIpc) is 2.67. The van der Waals surface area contributed by atoms with Gasteiger partial charge in [-0.15, -0.1) is 0 Å². The monoisotopic (exact) mass is 397 g/mol. The van der Waals surface area contributed by atoms with Crippen molar-refractivity contribution in [3.63, 3.8) is 0 Å². The first-order valence-corrected chi connectivity index (χ1v) is 9.91. The summed E-state index contributed by atoms with van der Waals surface area (Å²) in [4.78, 5) is 25.1. The van der Waals surface area contributed by atoms with Crippen molar-refractivity contribution >= 4 is 34.4 Å². The molecule has 0 spiro atoms. The van der Waals surface area contributed by atoms with Crippen LogP contribution in [-0.4, -0.2) is 31.4 Å². The molecule has 0 aliphatic rings. The molecule has 0 fully saturated rings. The Morgan fingerprint density at radius 2 is 1.75 bits per heavy atom. The predicted molar refractivity (Wildman–Crippen MR) is 107 cm³/mol. The summed E-state index contributed by atoms with van der Waals surface area (Å²) in [6.45, 7) is 1.84. The lowest BCUT2D eigenvalue weighted by molar-refractivity contribution is 0.0462. The summed E-state index contributed by atoms with van der Waals surface area (Å²) < 4.78 is 16.6. The lowest BCUT2D eigenvalue weighted by Gasteiger charge is -2.08. The van der Waals surface area contributed by atoms with E-state index in [1.54, 1.807) is 30.5 Å². The van der Waals surface area contributed by atoms with E-state index in [1.807, 2.05) is 31.2 Å². The Hall–Kier alpha value is -3.33. The van der Waals surface area contributed by atoms with Gasteiger partial charge in [-0.1, -0.05) is 17.7 Å². The van der Waals surface area contributed by atoms with Crippen LogP contribution in [-0.2, 0) is 22.1 Å². The topological polar surface area (TPSA) is 120 Å². The van der Waals surface area contributed by atoms with Gasteiger partial charge in [0.05, 0.1) is 5.56 Å². The number of benzene rings is 2. The van der Waals surface area contributed by atoms with Crippen LogP contribution in [0.4, 0.5) is 17.6 Å². The van der Waals surface area contributed by atoms with E-state index in [4.69, 9.17) is 10.5 Å². The molecule has 3 rings (SSSR count). The van der Waals surface area contributed by atoms with E-state index in [9.17, 15) is 9.00 Å². The molecule has 0 radical (unpaired) electrons. The van der Waals surface area contributed by atoms with Gasteiger partial charge >= 0.3 is 5.97 Å². The maximum atomic E-state index is 12.2. The highest BCUT2D eigenvalue weighted by Crippen LogP contribution is 2.15. The largest absolute Gasteiger partial charge is 0.454 e. The number of carbonyl (C=O) groups excluding carboxylic acids is 1. The van der Waals surface area contributed by atoms with Crippen LogP contribution in [0.3, 0.4) is 0 Å². The van der Waals surface area contributed by atoms with Crippen LogP contribution >= 0.6 is 0 Å². The zero-order valence-corrected chi connectivity index (χ0v) is 16.2.